The number of furan rings is 1. The van der Waals surface area contributed by atoms with Crippen LogP contribution in [0, 0.1) is 0 Å². The summed E-state index contributed by atoms with van der Waals surface area (Å²) < 4.78 is 45.3. The van der Waals surface area contributed by atoms with Gasteiger partial charge in [0.15, 0.2) is 17.5 Å². The van der Waals surface area contributed by atoms with Crippen molar-refractivity contribution in [1.29, 1.82) is 0 Å². The zero-order chi connectivity index (χ0) is 36.5. The summed E-state index contributed by atoms with van der Waals surface area (Å²) in [4.78, 5) is 14.5. The largest absolute Gasteiger partial charge is 0.455 e. The third-order valence-electron chi connectivity index (χ3n) is 9.02. The molecule has 3 heterocycles. The molecular weight excluding hydrogens is 631 g/mol. The summed E-state index contributed by atoms with van der Waals surface area (Å²) in [6.07, 6.45) is 0. The van der Waals surface area contributed by atoms with Gasteiger partial charge in [-0.25, -0.2) is 15.0 Å². The van der Waals surface area contributed by atoms with Crippen LogP contribution in [0.4, 0.5) is 0 Å². The van der Waals surface area contributed by atoms with Gasteiger partial charge in [-0.1, -0.05) is 127 Å². The number of benzene rings is 7. The van der Waals surface area contributed by atoms with E-state index in [0.29, 0.717) is 28.0 Å². The van der Waals surface area contributed by atoms with Crippen LogP contribution in [0.3, 0.4) is 0 Å². The topological polar surface area (TPSA) is 51.8 Å². The van der Waals surface area contributed by atoms with E-state index in [-0.39, 0.29) is 46.7 Å². The van der Waals surface area contributed by atoms with Gasteiger partial charge in [0.2, 0.25) is 0 Å². The Morgan fingerprint density at radius 2 is 1.10 bits per heavy atom. The van der Waals surface area contributed by atoms with Crippen molar-refractivity contribution in [2.75, 3.05) is 0 Å². The van der Waals surface area contributed by atoms with Gasteiger partial charge in [0, 0.05) is 42.1 Å². The van der Waals surface area contributed by atoms with Gasteiger partial charge in [-0.2, -0.15) is 0 Å². The fraction of sp³-hybridized carbons (Fsp3) is 0. The Morgan fingerprint density at radius 1 is 0.460 bits per heavy atom. The number of rotatable bonds is 5. The maximum Gasteiger partial charge on any atom is 0.167 e. The average Bonchev–Trinajstić information content (AvgIpc) is 3.78. The quantitative estimate of drug-likeness (QED) is 0.184. The Morgan fingerprint density at radius 3 is 1.82 bits per heavy atom. The molecule has 7 aromatic carbocycles. The summed E-state index contributed by atoms with van der Waals surface area (Å²) in [5.74, 6) is 1.02. The van der Waals surface area contributed by atoms with E-state index in [4.69, 9.17) is 22.1 Å². The highest BCUT2D eigenvalue weighted by atomic mass is 32.1. The zero-order valence-corrected chi connectivity index (χ0v) is 27.3. The lowest BCUT2D eigenvalue weighted by molar-refractivity contribution is 0.669. The second-order valence-electron chi connectivity index (χ2n) is 12.1. The molecule has 0 bridgehead atoms. The molecular formula is C45H27N3OS. The fourth-order valence-corrected chi connectivity index (χ4v) is 7.82. The Bertz CT molecular complexity index is 3030. The van der Waals surface area contributed by atoms with Crippen molar-refractivity contribution in [1.82, 2.24) is 15.0 Å². The molecule has 0 aliphatic heterocycles. The molecule has 234 valence electrons. The first-order valence-electron chi connectivity index (χ1n) is 18.3. The van der Waals surface area contributed by atoms with E-state index in [1.54, 1.807) is 17.4 Å². The van der Waals surface area contributed by atoms with Crippen LogP contribution in [0.25, 0.3) is 98.5 Å². The molecule has 0 unspecified atom stereocenters. The Labute approximate surface area is 297 Å². The summed E-state index contributed by atoms with van der Waals surface area (Å²) in [7, 11) is 0. The van der Waals surface area contributed by atoms with E-state index < -0.39 is 0 Å². The van der Waals surface area contributed by atoms with Gasteiger partial charge in [0.25, 0.3) is 0 Å². The van der Waals surface area contributed by atoms with E-state index in [2.05, 4.69) is 42.5 Å². The summed E-state index contributed by atoms with van der Waals surface area (Å²) in [6, 6.07) is 45.3. The molecule has 0 fully saturated rings. The zero-order valence-electron chi connectivity index (χ0n) is 30.4. The summed E-state index contributed by atoms with van der Waals surface area (Å²) >= 11 is 1.71. The van der Waals surface area contributed by atoms with Gasteiger partial charge in [-0.15, -0.1) is 11.3 Å². The molecule has 10 rings (SSSR count). The first kappa shape index (κ1) is 24.7. The molecule has 5 heteroatoms. The maximum atomic E-state index is 9.28. The van der Waals surface area contributed by atoms with E-state index in [1.165, 1.54) is 10.1 Å². The predicted molar refractivity (Wildman–Crippen MR) is 207 cm³/mol. The number of hydrogen-bond acceptors (Lipinski definition) is 5. The highest BCUT2D eigenvalue weighted by Crippen LogP contribution is 2.44. The van der Waals surface area contributed by atoms with Crippen molar-refractivity contribution in [2.45, 2.75) is 0 Å². The number of hydrogen-bond donors (Lipinski definition) is 0. The van der Waals surface area contributed by atoms with Crippen LogP contribution >= 0.6 is 11.3 Å². The van der Waals surface area contributed by atoms with Crippen LogP contribution in [0.2, 0.25) is 0 Å². The van der Waals surface area contributed by atoms with Gasteiger partial charge >= 0.3 is 0 Å². The molecule has 0 aliphatic rings. The SMILES string of the molecule is [2H]c1cc2c(oc3c([2H])c([2H])c(-c4cc(-c5ccccc5)c5c(c4)sc4ccccc45)cc32)c(-c2nc(-c3ccccc3)nc(-c3ccccc3)n2)c1[2H]. The Kier molecular flexibility index (Phi) is 5.73. The van der Waals surface area contributed by atoms with E-state index in [1.807, 2.05) is 91.0 Å². The van der Waals surface area contributed by atoms with Gasteiger partial charge < -0.3 is 4.42 Å². The standard InChI is InChI=1S/C45H27N3OS/c1-4-13-28(14-5-1)36-26-32(27-40-41(36)34-19-10-11-22-39(34)50-40)31-23-24-38-37(25-31)33-20-12-21-35(42(33)49-38)45-47-43(29-15-6-2-7-16-29)46-44(48-45)30-17-8-3-9-18-30/h1-27H/i12D,21D,23D,24D. The van der Waals surface area contributed by atoms with Crippen molar-refractivity contribution >= 4 is 53.4 Å². The highest BCUT2D eigenvalue weighted by Gasteiger charge is 2.19. The molecule has 0 aliphatic carbocycles. The van der Waals surface area contributed by atoms with Gasteiger partial charge in [0.05, 0.1) is 11.0 Å². The first-order valence-corrected chi connectivity index (χ1v) is 17.1. The van der Waals surface area contributed by atoms with Crippen molar-refractivity contribution in [3.05, 3.63) is 164 Å². The summed E-state index contributed by atoms with van der Waals surface area (Å²) in [5, 5.41) is 3.46. The second kappa shape index (κ2) is 11.6. The van der Waals surface area contributed by atoms with Crippen molar-refractivity contribution in [3.8, 4) is 56.4 Å². The highest BCUT2D eigenvalue weighted by molar-refractivity contribution is 7.26. The lowest BCUT2D eigenvalue weighted by Gasteiger charge is -2.10. The molecule has 0 saturated heterocycles. The number of nitrogens with zero attached hydrogens (tertiary/aromatic N) is 3. The second-order valence-corrected chi connectivity index (χ2v) is 13.2. The number of para-hydroxylation sites is 1. The van der Waals surface area contributed by atoms with Crippen LogP contribution in [-0.2, 0) is 0 Å². The van der Waals surface area contributed by atoms with Gasteiger partial charge in [-0.3, -0.25) is 0 Å². The molecule has 50 heavy (non-hydrogen) atoms. The van der Waals surface area contributed by atoms with Crippen molar-refractivity contribution in [2.24, 2.45) is 0 Å². The van der Waals surface area contributed by atoms with Crippen molar-refractivity contribution < 1.29 is 9.90 Å². The molecule has 4 nitrogen and oxygen atoms in total. The minimum absolute atomic E-state index is 0.0256. The van der Waals surface area contributed by atoms with Crippen LogP contribution in [0.5, 0.6) is 0 Å². The monoisotopic (exact) mass is 661 g/mol. The molecule has 0 amide bonds. The predicted octanol–water partition coefficient (Wildman–Crippen LogP) is 12.5. The number of aromatic nitrogens is 3. The molecule has 0 N–H and O–H groups in total. The van der Waals surface area contributed by atoms with Gasteiger partial charge in [-0.05, 0) is 58.6 Å². The van der Waals surface area contributed by atoms with Crippen molar-refractivity contribution in [3.63, 3.8) is 0 Å². The van der Waals surface area contributed by atoms with E-state index in [9.17, 15) is 2.74 Å². The third kappa shape index (κ3) is 4.79. The average molecular weight is 662 g/mol. The molecule has 0 atom stereocenters. The third-order valence-corrected chi connectivity index (χ3v) is 10.1. The molecule has 0 saturated carbocycles. The minimum Gasteiger partial charge on any atom is -0.455 e. The van der Waals surface area contributed by atoms with Crippen LogP contribution in [-0.4, -0.2) is 15.0 Å². The summed E-state index contributed by atoms with van der Waals surface area (Å²) in [5.41, 5.74) is 5.77. The molecule has 3 aromatic heterocycles. The molecule has 0 radical (unpaired) electrons. The smallest absolute Gasteiger partial charge is 0.167 e. The fourth-order valence-electron chi connectivity index (χ4n) is 6.65. The minimum atomic E-state index is -0.105. The lowest BCUT2D eigenvalue weighted by atomic mass is 9.94. The van der Waals surface area contributed by atoms with E-state index in [0.717, 1.165) is 37.9 Å². The lowest BCUT2D eigenvalue weighted by Crippen LogP contribution is -2.00. The molecule has 10 aromatic rings. The van der Waals surface area contributed by atoms with Crippen LogP contribution in [0.15, 0.2) is 168 Å². The Hall–Kier alpha value is -6.43. The molecule has 0 spiro atoms. The number of thiophene rings is 1. The first-order chi connectivity index (χ1) is 26.4. The van der Waals surface area contributed by atoms with Crippen LogP contribution in [0.1, 0.15) is 5.48 Å². The maximum absolute atomic E-state index is 9.28. The summed E-state index contributed by atoms with van der Waals surface area (Å²) in [6.45, 7) is 0. The Balaban J connectivity index is 1.23. The van der Waals surface area contributed by atoms with Crippen LogP contribution < -0.4 is 0 Å². The number of fused-ring (bicyclic) bond motifs is 6. The van der Waals surface area contributed by atoms with E-state index >= 15 is 0 Å². The van der Waals surface area contributed by atoms with Gasteiger partial charge in [0.1, 0.15) is 11.2 Å². The normalized spacial score (nSPS) is 12.7.